The molecule has 0 radical (unpaired) electrons. The van der Waals surface area contributed by atoms with Crippen molar-refractivity contribution >= 4 is 28.8 Å². The van der Waals surface area contributed by atoms with Gasteiger partial charge in [0.05, 0.1) is 11.2 Å². The number of carbonyl (C=O) groups is 1. The van der Waals surface area contributed by atoms with Gasteiger partial charge in [-0.05, 0) is 30.2 Å². The SMILES string of the molecule is O=C(c1sccc1Cl)N1CCCC(Cn2ccnn2)C1. The molecule has 5 nitrogen and oxygen atoms in total. The number of rotatable bonds is 3. The van der Waals surface area contributed by atoms with Gasteiger partial charge in [0.15, 0.2) is 0 Å². The van der Waals surface area contributed by atoms with E-state index in [4.69, 9.17) is 11.6 Å². The molecule has 1 unspecified atom stereocenters. The second-order valence-electron chi connectivity index (χ2n) is 4.98. The van der Waals surface area contributed by atoms with Gasteiger partial charge >= 0.3 is 0 Å². The number of carbonyl (C=O) groups excluding carboxylic acids is 1. The molecule has 2 aromatic rings. The zero-order chi connectivity index (χ0) is 13.9. The van der Waals surface area contributed by atoms with E-state index in [2.05, 4.69) is 10.3 Å². The number of likely N-dealkylation sites (tertiary alicyclic amines) is 1. The van der Waals surface area contributed by atoms with Crippen molar-refractivity contribution in [2.45, 2.75) is 19.4 Å². The molecule has 20 heavy (non-hydrogen) atoms. The summed E-state index contributed by atoms with van der Waals surface area (Å²) in [5, 5.41) is 10.2. The average molecular weight is 311 g/mol. The van der Waals surface area contributed by atoms with E-state index in [1.54, 1.807) is 12.3 Å². The Hall–Kier alpha value is -1.40. The first-order valence-corrected chi connectivity index (χ1v) is 7.86. The van der Waals surface area contributed by atoms with Crippen molar-refractivity contribution < 1.29 is 4.79 Å². The first-order chi connectivity index (χ1) is 9.74. The maximum atomic E-state index is 12.4. The van der Waals surface area contributed by atoms with E-state index < -0.39 is 0 Å². The average Bonchev–Trinajstić information content (AvgIpc) is 3.10. The van der Waals surface area contributed by atoms with Crippen molar-refractivity contribution in [2.75, 3.05) is 13.1 Å². The van der Waals surface area contributed by atoms with Crippen molar-refractivity contribution in [3.63, 3.8) is 0 Å². The largest absolute Gasteiger partial charge is 0.338 e. The summed E-state index contributed by atoms with van der Waals surface area (Å²) in [6.45, 7) is 2.37. The Morgan fingerprint density at radius 1 is 1.55 bits per heavy atom. The Kier molecular flexibility index (Phi) is 4.03. The standard InChI is InChI=1S/C13H15ClN4OS/c14-11-3-7-20-12(11)13(19)17-5-1-2-10(8-17)9-18-6-4-15-16-18/h3-4,6-7,10H,1-2,5,8-9H2. The van der Waals surface area contributed by atoms with Crippen LogP contribution in [0.25, 0.3) is 0 Å². The van der Waals surface area contributed by atoms with Crippen LogP contribution in [0.5, 0.6) is 0 Å². The van der Waals surface area contributed by atoms with Crippen molar-refractivity contribution in [3.8, 4) is 0 Å². The molecule has 7 heteroatoms. The molecular weight excluding hydrogens is 296 g/mol. The normalized spacial score (nSPS) is 19.2. The highest BCUT2D eigenvalue weighted by Gasteiger charge is 2.26. The monoisotopic (exact) mass is 310 g/mol. The van der Waals surface area contributed by atoms with E-state index in [1.807, 2.05) is 21.2 Å². The van der Waals surface area contributed by atoms with E-state index >= 15 is 0 Å². The third-order valence-electron chi connectivity index (χ3n) is 3.53. The molecule has 0 aromatic carbocycles. The molecule has 1 aliphatic rings. The Bertz CT molecular complexity index is 583. The number of thiophene rings is 1. The molecule has 0 N–H and O–H groups in total. The first kappa shape index (κ1) is 13.6. The van der Waals surface area contributed by atoms with Crippen LogP contribution in [0, 0.1) is 5.92 Å². The van der Waals surface area contributed by atoms with Gasteiger partial charge in [-0.2, -0.15) is 0 Å². The molecule has 1 amide bonds. The lowest BCUT2D eigenvalue weighted by atomic mass is 9.98. The Morgan fingerprint density at radius 3 is 3.15 bits per heavy atom. The minimum Gasteiger partial charge on any atom is -0.338 e. The lowest BCUT2D eigenvalue weighted by molar-refractivity contribution is 0.0664. The van der Waals surface area contributed by atoms with Crippen molar-refractivity contribution in [1.82, 2.24) is 19.9 Å². The number of halogens is 1. The van der Waals surface area contributed by atoms with Gasteiger partial charge in [0, 0.05) is 25.8 Å². The van der Waals surface area contributed by atoms with E-state index in [0.717, 1.165) is 32.5 Å². The number of hydrogen-bond acceptors (Lipinski definition) is 4. The molecule has 0 bridgehead atoms. The summed E-state index contributed by atoms with van der Waals surface area (Å²) in [7, 11) is 0. The third kappa shape index (κ3) is 2.86. The smallest absolute Gasteiger partial charge is 0.265 e. The highest BCUT2D eigenvalue weighted by molar-refractivity contribution is 7.12. The van der Waals surface area contributed by atoms with Gasteiger partial charge in [0.25, 0.3) is 5.91 Å². The maximum Gasteiger partial charge on any atom is 0.265 e. The minimum atomic E-state index is 0.0493. The maximum absolute atomic E-state index is 12.4. The summed E-state index contributed by atoms with van der Waals surface area (Å²) in [4.78, 5) is 15.0. The van der Waals surface area contributed by atoms with Gasteiger partial charge in [-0.25, -0.2) is 0 Å². The van der Waals surface area contributed by atoms with Gasteiger partial charge in [-0.1, -0.05) is 16.8 Å². The predicted molar refractivity (Wildman–Crippen MR) is 78.0 cm³/mol. The second-order valence-corrected chi connectivity index (χ2v) is 6.31. The van der Waals surface area contributed by atoms with Crippen LogP contribution in [0.1, 0.15) is 22.5 Å². The summed E-state index contributed by atoms with van der Waals surface area (Å²) < 4.78 is 1.83. The van der Waals surface area contributed by atoms with Crippen LogP contribution < -0.4 is 0 Å². The van der Waals surface area contributed by atoms with Crippen LogP contribution in [-0.4, -0.2) is 38.9 Å². The molecule has 1 aliphatic heterocycles. The minimum absolute atomic E-state index is 0.0493. The number of nitrogens with zero attached hydrogens (tertiary/aromatic N) is 4. The van der Waals surface area contributed by atoms with Gasteiger partial charge < -0.3 is 4.90 Å². The molecule has 3 heterocycles. The second kappa shape index (κ2) is 5.93. The number of piperidine rings is 1. The van der Waals surface area contributed by atoms with Crippen LogP contribution in [-0.2, 0) is 6.54 Å². The van der Waals surface area contributed by atoms with Crippen molar-refractivity contribution in [2.24, 2.45) is 5.92 Å². The highest BCUT2D eigenvalue weighted by Crippen LogP contribution is 2.26. The molecule has 0 saturated carbocycles. The topological polar surface area (TPSA) is 51.0 Å². The fourth-order valence-electron chi connectivity index (χ4n) is 2.58. The zero-order valence-corrected chi connectivity index (χ0v) is 12.5. The number of amides is 1. The Morgan fingerprint density at radius 2 is 2.45 bits per heavy atom. The van der Waals surface area contributed by atoms with E-state index in [1.165, 1.54) is 11.3 Å². The number of hydrogen-bond donors (Lipinski definition) is 0. The quantitative estimate of drug-likeness (QED) is 0.875. The lowest BCUT2D eigenvalue weighted by Gasteiger charge is -2.32. The van der Waals surface area contributed by atoms with Gasteiger partial charge in [-0.3, -0.25) is 9.48 Å². The number of aromatic nitrogens is 3. The lowest BCUT2D eigenvalue weighted by Crippen LogP contribution is -2.41. The summed E-state index contributed by atoms with van der Waals surface area (Å²) in [5.74, 6) is 0.474. The fourth-order valence-corrected chi connectivity index (χ4v) is 3.69. The van der Waals surface area contributed by atoms with E-state index in [9.17, 15) is 4.79 Å². The molecule has 1 saturated heterocycles. The predicted octanol–water partition coefficient (Wildman–Crippen LogP) is 2.55. The summed E-state index contributed by atoms with van der Waals surface area (Å²) in [5.41, 5.74) is 0. The van der Waals surface area contributed by atoms with Gasteiger partial charge in [-0.15, -0.1) is 16.4 Å². The van der Waals surface area contributed by atoms with Crippen LogP contribution in [0.15, 0.2) is 23.8 Å². The summed E-state index contributed by atoms with van der Waals surface area (Å²) in [6.07, 6.45) is 5.67. The van der Waals surface area contributed by atoms with E-state index in [0.29, 0.717) is 15.8 Å². The Labute approximate surface area is 126 Å². The molecule has 106 valence electrons. The van der Waals surface area contributed by atoms with Crippen LogP contribution >= 0.6 is 22.9 Å². The van der Waals surface area contributed by atoms with Crippen molar-refractivity contribution in [3.05, 3.63) is 33.7 Å². The van der Waals surface area contributed by atoms with Gasteiger partial charge in [0.1, 0.15) is 4.88 Å². The zero-order valence-electron chi connectivity index (χ0n) is 10.9. The van der Waals surface area contributed by atoms with Crippen molar-refractivity contribution in [1.29, 1.82) is 0 Å². The van der Waals surface area contributed by atoms with Crippen LogP contribution in [0.4, 0.5) is 0 Å². The molecule has 3 rings (SSSR count). The Balaban J connectivity index is 1.66. The third-order valence-corrected chi connectivity index (χ3v) is 4.86. The molecule has 1 fully saturated rings. The molecule has 0 spiro atoms. The van der Waals surface area contributed by atoms with Crippen LogP contribution in [0.3, 0.4) is 0 Å². The highest BCUT2D eigenvalue weighted by atomic mass is 35.5. The van der Waals surface area contributed by atoms with Gasteiger partial charge in [0.2, 0.25) is 0 Å². The summed E-state index contributed by atoms with van der Waals surface area (Å²) in [6, 6.07) is 1.77. The fraction of sp³-hybridized carbons (Fsp3) is 0.462. The first-order valence-electron chi connectivity index (χ1n) is 6.60. The molecule has 0 aliphatic carbocycles. The van der Waals surface area contributed by atoms with E-state index in [-0.39, 0.29) is 5.91 Å². The molecule has 2 aromatic heterocycles. The molecular formula is C13H15ClN4OS. The molecule has 1 atom stereocenters. The summed E-state index contributed by atoms with van der Waals surface area (Å²) >= 11 is 7.45. The van der Waals surface area contributed by atoms with Crippen LogP contribution in [0.2, 0.25) is 5.02 Å².